The molecule has 0 aliphatic carbocycles. The first kappa shape index (κ1) is 12.6. The van der Waals surface area contributed by atoms with Gasteiger partial charge in [0.15, 0.2) is 9.84 Å². The zero-order chi connectivity index (χ0) is 12.5. The summed E-state index contributed by atoms with van der Waals surface area (Å²) in [4.78, 5) is 0. The molecule has 1 aliphatic heterocycles. The maximum absolute atomic E-state index is 11.9. The Hall–Kier alpha value is -0.870. The predicted molar refractivity (Wildman–Crippen MR) is 69.7 cm³/mol. The molecule has 2 atom stereocenters. The third-order valence-corrected chi connectivity index (χ3v) is 5.07. The van der Waals surface area contributed by atoms with Crippen molar-refractivity contribution in [2.45, 2.75) is 19.9 Å². The van der Waals surface area contributed by atoms with Gasteiger partial charge in [-0.15, -0.1) is 0 Å². The van der Waals surface area contributed by atoms with Crippen LogP contribution in [0.25, 0.3) is 0 Å². The van der Waals surface area contributed by atoms with Crippen molar-refractivity contribution >= 4 is 9.84 Å². The summed E-state index contributed by atoms with van der Waals surface area (Å²) in [5.41, 5.74) is 2.26. The zero-order valence-electron chi connectivity index (χ0n) is 10.3. The molecule has 0 radical (unpaired) electrons. The van der Waals surface area contributed by atoms with Crippen LogP contribution in [0, 0.1) is 12.8 Å². The zero-order valence-corrected chi connectivity index (χ0v) is 11.1. The Morgan fingerprint density at radius 2 is 1.82 bits per heavy atom. The van der Waals surface area contributed by atoms with Crippen LogP contribution < -0.4 is 5.32 Å². The maximum atomic E-state index is 11.9. The molecular weight excluding hydrogens is 234 g/mol. The summed E-state index contributed by atoms with van der Waals surface area (Å²) in [5.74, 6) is 0.693. The molecule has 1 heterocycles. The van der Waals surface area contributed by atoms with Crippen molar-refractivity contribution < 1.29 is 8.42 Å². The van der Waals surface area contributed by atoms with E-state index in [0.29, 0.717) is 5.75 Å². The molecular formula is C13H19NO2S. The highest BCUT2D eigenvalue weighted by molar-refractivity contribution is 7.91. The second-order valence-electron chi connectivity index (χ2n) is 5.05. The van der Waals surface area contributed by atoms with E-state index in [1.165, 1.54) is 5.56 Å². The third-order valence-electron chi connectivity index (χ3n) is 3.15. The average Bonchev–Trinajstić information content (AvgIpc) is 2.37. The van der Waals surface area contributed by atoms with Crippen LogP contribution in [0.15, 0.2) is 24.3 Å². The number of aryl methyl sites for hydroxylation is 1. The normalized spacial score (nSPS) is 28.6. The van der Waals surface area contributed by atoms with Crippen molar-refractivity contribution in [3.05, 3.63) is 35.4 Å². The Morgan fingerprint density at radius 1 is 1.18 bits per heavy atom. The highest BCUT2D eigenvalue weighted by Crippen LogP contribution is 2.20. The SMILES string of the molecule is Cc1ccc(C2CS(=O)(=O)CC(C)CN2)cc1. The number of rotatable bonds is 1. The molecule has 0 saturated carbocycles. The Labute approximate surface area is 103 Å². The van der Waals surface area contributed by atoms with Crippen LogP contribution in [0.3, 0.4) is 0 Å². The first-order chi connectivity index (χ1) is 7.96. The van der Waals surface area contributed by atoms with Gasteiger partial charge in [0.25, 0.3) is 0 Å². The highest BCUT2D eigenvalue weighted by Gasteiger charge is 2.26. The topological polar surface area (TPSA) is 46.2 Å². The minimum absolute atomic E-state index is 0.0643. The first-order valence-corrected chi connectivity index (χ1v) is 7.79. The first-order valence-electron chi connectivity index (χ1n) is 5.97. The van der Waals surface area contributed by atoms with Crippen LogP contribution in [0.2, 0.25) is 0 Å². The molecule has 3 nitrogen and oxygen atoms in total. The lowest BCUT2D eigenvalue weighted by Crippen LogP contribution is -2.26. The van der Waals surface area contributed by atoms with E-state index in [1.807, 2.05) is 38.1 Å². The summed E-state index contributed by atoms with van der Waals surface area (Å²) in [5, 5.41) is 3.34. The molecule has 4 heteroatoms. The fourth-order valence-electron chi connectivity index (χ4n) is 2.23. The van der Waals surface area contributed by atoms with Crippen molar-refractivity contribution in [2.75, 3.05) is 18.1 Å². The van der Waals surface area contributed by atoms with Gasteiger partial charge in [-0.1, -0.05) is 36.8 Å². The number of nitrogens with one attached hydrogen (secondary N) is 1. The van der Waals surface area contributed by atoms with Gasteiger partial charge in [0.2, 0.25) is 0 Å². The molecule has 0 spiro atoms. The molecule has 0 amide bonds. The average molecular weight is 253 g/mol. The van der Waals surface area contributed by atoms with Crippen molar-refractivity contribution in [2.24, 2.45) is 5.92 Å². The summed E-state index contributed by atoms with van der Waals surface area (Å²) in [6, 6.07) is 8.01. The second kappa shape index (κ2) is 4.78. The maximum Gasteiger partial charge on any atom is 0.152 e. The summed E-state index contributed by atoms with van der Waals surface area (Å²) in [7, 11) is -2.94. The molecule has 2 unspecified atom stereocenters. The van der Waals surface area contributed by atoms with E-state index in [1.54, 1.807) is 0 Å². The number of benzene rings is 1. The van der Waals surface area contributed by atoms with Crippen molar-refractivity contribution in [3.8, 4) is 0 Å². The van der Waals surface area contributed by atoms with Crippen LogP contribution in [-0.4, -0.2) is 26.5 Å². The Balaban J connectivity index is 2.24. The van der Waals surface area contributed by atoms with Crippen LogP contribution in [0.1, 0.15) is 24.1 Å². The van der Waals surface area contributed by atoms with Crippen LogP contribution in [0.4, 0.5) is 0 Å². The summed E-state index contributed by atoms with van der Waals surface area (Å²) < 4.78 is 23.8. The van der Waals surface area contributed by atoms with Gasteiger partial charge < -0.3 is 5.32 Å². The fourth-order valence-corrected chi connectivity index (χ4v) is 4.17. The van der Waals surface area contributed by atoms with E-state index in [-0.39, 0.29) is 17.7 Å². The lowest BCUT2D eigenvalue weighted by atomic mass is 10.1. The molecule has 17 heavy (non-hydrogen) atoms. The molecule has 1 aromatic carbocycles. The van der Waals surface area contributed by atoms with Crippen molar-refractivity contribution in [3.63, 3.8) is 0 Å². The minimum atomic E-state index is -2.94. The molecule has 1 aromatic rings. The standard InChI is InChI=1S/C13H19NO2S/c1-10-3-5-12(6-4-10)13-9-17(15,16)8-11(2)7-14-13/h3-6,11,13-14H,7-9H2,1-2H3. The van der Waals surface area contributed by atoms with Gasteiger partial charge in [-0.3, -0.25) is 0 Å². The van der Waals surface area contributed by atoms with E-state index < -0.39 is 9.84 Å². The molecule has 1 fully saturated rings. The molecule has 0 aromatic heterocycles. The van der Waals surface area contributed by atoms with Gasteiger partial charge in [0.05, 0.1) is 11.5 Å². The van der Waals surface area contributed by atoms with E-state index in [0.717, 1.165) is 12.1 Å². The van der Waals surface area contributed by atoms with Gasteiger partial charge in [-0.05, 0) is 24.9 Å². The predicted octanol–water partition coefficient (Wildman–Crippen LogP) is 1.69. The smallest absolute Gasteiger partial charge is 0.152 e. The Morgan fingerprint density at radius 3 is 2.47 bits per heavy atom. The van der Waals surface area contributed by atoms with Crippen LogP contribution >= 0.6 is 0 Å². The number of sulfone groups is 1. The van der Waals surface area contributed by atoms with Crippen LogP contribution in [0.5, 0.6) is 0 Å². The van der Waals surface area contributed by atoms with Crippen LogP contribution in [-0.2, 0) is 9.84 Å². The summed E-state index contributed by atoms with van der Waals surface area (Å²) in [6.07, 6.45) is 0. The minimum Gasteiger partial charge on any atom is -0.309 e. The number of hydrogen-bond acceptors (Lipinski definition) is 3. The molecule has 2 rings (SSSR count). The molecule has 1 N–H and O–H groups in total. The molecule has 94 valence electrons. The van der Waals surface area contributed by atoms with Crippen molar-refractivity contribution in [1.29, 1.82) is 0 Å². The quantitative estimate of drug-likeness (QED) is 0.828. The molecule has 1 aliphatic rings. The van der Waals surface area contributed by atoms with Gasteiger partial charge >= 0.3 is 0 Å². The van der Waals surface area contributed by atoms with E-state index in [2.05, 4.69) is 5.32 Å². The lowest BCUT2D eigenvalue weighted by molar-refractivity contribution is 0.517. The largest absolute Gasteiger partial charge is 0.309 e. The van der Waals surface area contributed by atoms with Gasteiger partial charge in [-0.2, -0.15) is 0 Å². The molecule has 0 bridgehead atoms. The van der Waals surface area contributed by atoms with Gasteiger partial charge in [0.1, 0.15) is 0 Å². The van der Waals surface area contributed by atoms with E-state index in [9.17, 15) is 8.42 Å². The Kier molecular flexibility index (Phi) is 3.54. The second-order valence-corrected chi connectivity index (χ2v) is 7.21. The lowest BCUT2D eigenvalue weighted by Gasteiger charge is -2.16. The fraction of sp³-hybridized carbons (Fsp3) is 0.538. The molecule has 1 saturated heterocycles. The van der Waals surface area contributed by atoms with E-state index >= 15 is 0 Å². The summed E-state index contributed by atoms with van der Waals surface area (Å²) in [6.45, 7) is 4.77. The van der Waals surface area contributed by atoms with Gasteiger partial charge in [-0.25, -0.2) is 8.42 Å². The third kappa shape index (κ3) is 3.30. The number of hydrogen-bond donors (Lipinski definition) is 1. The van der Waals surface area contributed by atoms with Gasteiger partial charge in [0, 0.05) is 6.04 Å². The van der Waals surface area contributed by atoms with E-state index in [4.69, 9.17) is 0 Å². The van der Waals surface area contributed by atoms with Crippen molar-refractivity contribution in [1.82, 2.24) is 5.32 Å². The monoisotopic (exact) mass is 253 g/mol. The Bertz CT molecular complexity index is 479. The summed E-state index contributed by atoms with van der Waals surface area (Å²) >= 11 is 0. The highest BCUT2D eigenvalue weighted by atomic mass is 32.2.